The maximum atomic E-state index is 4.42. The van der Waals surface area contributed by atoms with Crippen LogP contribution in [0, 0.1) is 6.92 Å². The Kier molecular flexibility index (Phi) is 4.13. The standard InChI is InChI=1S/C18H22N6/c1-15-10-19-23(11-15)14-18-8-5-9-22(18)12-16-13-24(21-20-16)17-6-3-2-4-7-17/h2-4,6-7,10-11,13,18H,5,8-9,12,14H2,1H3. The van der Waals surface area contributed by atoms with Gasteiger partial charge >= 0.3 is 0 Å². The van der Waals surface area contributed by atoms with Crippen molar-refractivity contribution < 1.29 is 0 Å². The average molecular weight is 322 g/mol. The fraction of sp³-hybridized carbons (Fsp3) is 0.389. The molecular weight excluding hydrogens is 300 g/mol. The molecule has 6 nitrogen and oxygen atoms in total. The number of benzene rings is 1. The van der Waals surface area contributed by atoms with Gasteiger partial charge in [-0.1, -0.05) is 23.4 Å². The summed E-state index contributed by atoms with van der Waals surface area (Å²) in [6.45, 7) is 4.99. The van der Waals surface area contributed by atoms with Crippen LogP contribution in [0.3, 0.4) is 0 Å². The van der Waals surface area contributed by atoms with Gasteiger partial charge in [0.15, 0.2) is 0 Å². The van der Waals surface area contributed by atoms with E-state index in [0.717, 1.165) is 31.0 Å². The minimum atomic E-state index is 0.520. The molecule has 1 aliphatic heterocycles. The van der Waals surface area contributed by atoms with E-state index in [1.165, 1.54) is 18.4 Å². The minimum Gasteiger partial charge on any atom is -0.293 e. The fourth-order valence-electron chi connectivity index (χ4n) is 3.38. The number of rotatable bonds is 5. The van der Waals surface area contributed by atoms with Crippen molar-refractivity contribution in [2.45, 2.75) is 38.9 Å². The van der Waals surface area contributed by atoms with E-state index in [-0.39, 0.29) is 0 Å². The third-order valence-electron chi connectivity index (χ3n) is 4.59. The topological polar surface area (TPSA) is 51.8 Å². The summed E-state index contributed by atoms with van der Waals surface area (Å²) in [7, 11) is 0. The van der Waals surface area contributed by atoms with Gasteiger partial charge in [0.2, 0.25) is 0 Å². The molecule has 2 aromatic heterocycles. The average Bonchev–Trinajstić information content (AvgIpc) is 3.32. The molecule has 0 saturated carbocycles. The maximum absolute atomic E-state index is 4.42. The normalized spacial score (nSPS) is 18.3. The maximum Gasteiger partial charge on any atom is 0.0971 e. The summed E-state index contributed by atoms with van der Waals surface area (Å²) in [5.41, 5.74) is 3.27. The zero-order chi connectivity index (χ0) is 16.4. The molecule has 1 fully saturated rings. The Morgan fingerprint density at radius 2 is 2.04 bits per heavy atom. The van der Waals surface area contributed by atoms with Crippen molar-refractivity contribution in [3.05, 3.63) is 60.2 Å². The van der Waals surface area contributed by atoms with Gasteiger partial charge in [-0.2, -0.15) is 5.10 Å². The van der Waals surface area contributed by atoms with E-state index in [2.05, 4.69) is 38.1 Å². The second kappa shape index (κ2) is 6.57. The van der Waals surface area contributed by atoms with Crippen molar-refractivity contribution in [3.8, 4) is 5.69 Å². The summed E-state index contributed by atoms with van der Waals surface area (Å²) in [4.78, 5) is 2.50. The zero-order valence-corrected chi connectivity index (χ0v) is 13.9. The summed E-state index contributed by atoms with van der Waals surface area (Å²) in [6.07, 6.45) is 8.51. The van der Waals surface area contributed by atoms with Crippen LogP contribution in [0.5, 0.6) is 0 Å². The van der Waals surface area contributed by atoms with Crippen molar-refractivity contribution in [2.75, 3.05) is 6.54 Å². The molecule has 1 aromatic carbocycles. The third-order valence-corrected chi connectivity index (χ3v) is 4.59. The number of likely N-dealkylation sites (tertiary alicyclic amines) is 1. The molecule has 4 rings (SSSR count). The summed E-state index contributed by atoms with van der Waals surface area (Å²) in [5, 5.41) is 13.0. The number of hydrogen-bond acceptors (Lipinski definition) is 4. The van der Waals surface area contributed by atoms with Crippen molar-refractivity contribution in [1.82, 2.24) is 29.7 Å². The Bertz CT molecular complexity index is 791. The molecule has 0 radical (unpaired) electrons. The lowest BCUT2D eigenvalue weighted by Crippen LogP contribution is -2.32. The van der Waals surface area contributed by atoms with Crippen LogP contribution in [0.15, 0.2) is 48.9 Å². The summed E-state index contributed by atoms with van der Waals surface area (Å²) in [5.74, 6) is 0. The van der Waals surface area contributed by atoms with Gasteiger partial charge in [-0.3, -0.25) is 9.58 Å². The van der Waals surface area contributed by atoms with Crippen LogP contribution >= 0.6 is 0 Å². The number of para-hydroxylation sites is 1. The Balaban J connectivity index is 1.43. The molecule has 24 heavy (non-hydrogen) atoms. The number of hydrogen-bond donors (Lipinski definition) is 0. The van der Waals surface area contributed by atoms with E-state index in [4.69, 9.17) is 0 Å². The highest BCUT2D eigenvalue weighted by molar-refractivity contribution is 5.29. The monoisotopic (exact) mass is 322 g/mol. The molecule has 124 valence electrons. The van der Waals surface area contributed by atoms with Crippen molar-refractivity contribution in [1.29, 1.82) is 0 Å². The lowest BCUT2D eigenvalue weighted by molar-refractivity contribution is 0.217. The molecule has 1 saturated heterocycles. The molecule has 6 heteroatoms. The summed E-state index contributed by atoms with van der Waals surface area (Å²) < 4.78 is 3.90. The quantitative estimate of drug-likeness (QED) is 0.724. The third kappa shape index (κ3) is 3.23. The van der Waals surface area contributed by atoms with Crippen LogP contribution in [-0.4, -0.2) is 42.3 Å². The summed E-state index contributed by atoms with van der Waals surface area (Å²) in [6, 6.07) is 10.6. The second-order valence-electron chi connectivity index (χ2n) is 6.50. The molecule has 3 heterocycles. The van der Waals surface area contributed by atoms with Crippen LogP contribution in [0.2, 0.25) is 0 Å². The Morgan fingerprint density at radius 3 is 2.83 bits per heavy atom. The van der Waals surface area contributed by atoms with Gasteiger partial charge in [-0.15, -0.1) is 5.10 Å². The smallest absolute Gasteiger partial charge is 0.0971 e. The largest absolute Gasteiger partial charge is 0.293 e. The van der Waals surface area contributed by atoms with Crippen molar-refractivity contribution >= 4 is 0 Å². The summed E-state index contributed by atoms with van der Waals surface area (Å²) >= 11 is 0. The molecule has 1 aliphatic rings. The lowest BCUT2D eigenvalue weighted by atomic mass is 10.2. The predicted octanol–water partition coefficient (Wildman–Crippen LogP) is 2.44. The van der Waals surface area contributed by atoms with Crippen LogP contribution in [0.1, 0.15) is 24.1 Å². The van der Waals surface area contributed by atoms with E-state index < -0.39 is 0 Å². The van der Waals surface area contributed by atoms with Gasteiger partial charge in [0.1, 0.15) is 0 Å². The predicted molar refractivity (Wildman–Crippen MR) is 91.8 cm³/mol. The van der Waals surface area contributed by atoms with Crippen LogP contribution in [0.25, 0.3) is 5.69 Å². The van der Waals surface area contributed by atoms with Gasteiger partial charge in [-0.25, -0.2) is 4.68 Å². The fourth-order valence-corrected chi connectivity index (χ4v) is 3.38. The van der Waals surface area contributed by atoms with Gasteiger partial charge in [0.25, 0.3) is 0 Å². The number of aromatic nitrogens is 5. The van der Waals surface area contributed by atoms with Gasteiger partial charge < -0.3 is 0 Å². The Morgan fingerprint density at radius 1 is 1.17 bits per heavy atom. The minimum absolute atomic E-state index is 0.520. The second-order valence-corrected chi connectivity index (χ2v) is 6.50. The van der Waals surface area contributed by atoms with E-state index in [0.29, 0.717) is 6.04 Å². The number of nitrogens with zero attached hydrogens (tertiary/aromatic N) is 6. The van der Waals surface area contributed by atoms with E-state index in [1.807, 2.05) is 47.4 Å². The van der Waals surface area contributed by atoms with Crippen LogP contribution in [-0.2, 0) is 13.1 Å². The lowest BCUT2D eigenvalue weighted by Gasteiger charge is -2.23. The van der Waals surface area contributed by atoms with Crippen molar-refractivity contribution in [3.63, 3.8) is 0 Å². The van der Waals surface area contributed by atoms with E-state index in [1.54, 1.807) is 0 Å². The molecule has 0 N–H and O–H groups in total. The Labute approximate surface area is 141 Å². The van der Waals surface area contributed by atoms with Gasteiger partial charge in [0.05, 0.1) is 30.3 Å². The first-order chi connectivity index (χ1) is 11.8. The van der Waals surface area contributed by atoms with E-state index >= 15 is 0 Å². The SMILES string of the molecule is Cc1cnn(CC2CCCN2Cc2cn(-c3ccccc3)nn2)c1. The first kappa shape index (κ1) is 15.1. The molecule has 1 unspecified atom stereocenters. The van der Waals surface area contributed by atoms with Crippen molar-refractivity contribution in [2.24, 2.45) is 0 Å². The first-order valence-corrected chi connectivity index (χ1v) is 8.48. The molecular formula is C18H22N6. The molecule has 0 aliphatic carbocycles. The highest BCUT2D eigenvalue weighted by Gasteiger charge is 2.25. The molecule has 0 spiro atoms. The van der Waals surface area contributed by atoms with Gasteiger partial charge in [0, 0.05) is 18.8 Å². The molecule has 1 atom stereocenters. The molecule has 0 amide bonds. The highest BCUT2D eigenvalue weighted by atomic mass is 15.4. The molecule has 3 aromatic rings. The van der Waals surface area contributed by atoms with Crippen LogP contribution in [0.4, 0.5) is 0 Å². The van der Waals surface area contributed by atoms with Gasteiger partial charge in [-0.05, 0) is 44.0 Å². The highest BCUT2D eigenvalue weighted by Crippen LogP contribution is 2.21. The number of aryl methyl sites for hydroxylation is 1. The zero-order valence-electron chi connectivity index (χ0n) is 13.9. The van der Waals surface area contributed by atoms with Crippen LogP contribution < -0.4 is 0 Å². The molecule has 0 bridgehead atoms. The first-order valence-electron chi connectivity index (χ1n) is 8.48. The van der Waals surface area contributed by atoms with E-state index in [9.17, 15) is 0 Å². The Hall–Kier alpha value is -2.47.